The molecule has 0 aliphatic carbocycles. The monoisotopic (exact) mass is 438 g/mol. The molecule has 4 aromatic rings. The molecule has 30 heavy (non-hydrogen) atoms. The van der Waals surface area contributed by atoms with Crippen LogP contribution < -0.4 is 10.6 Å². The summed E-state index contributed by atoms with van der Waals surface area (Å²) < 4.78 is 6.03. The SMILES string of the molecule is Cc1cc(NC(=O)CSCC(=O)Nc2ccc(-c3nc4ccccc4s3)cc2)no1. The largest absolute Gasteiger partial charge is 0.360 e. The standard InChI is InChI=1S/C21H18N4O3S2/c1-13-10-18(25-28-13)24-20(27)12-29-11-19(26)22-15-8-6-14(7-9-15)21-23-16-4-2-3-5-17(16)30-21/h2-10H,11-12H2,1H3,(H,22,26)(H,24,25,27). The molecule has 2 aromatic carbocycles. The molecule has 0 saturated heterocycles. The number of thiazole rings is 1. The van der Waals surface area contributed by atoms with Gasteiger partial charge in [0, 0.05) is 17.3 Å². The van der Waals surface area contributed by atoms with Crippen LogP contribution >= 0.6 is 23.1 Å². The van der Waals surface area contributed by atoms with Crippen LogP contribution in [0.4, 0.5) is 11.5 Å². The second-order valence-electron chi connectivity index (χ2n) is 6.48. The van der Waals surface area contributed by atoms with Gasteiger partial charge in [-0.05, 0) is 43.3 Å². The van der Waals surface area contributed by atoms with E-state index >= 15 is 0 Å². The minimum absolute atomic E-state index is 0.149. The number of hydrogen-bond donors (Lipinski definition) is 2. The van der Waals surface area contributed by atoms with Gasteiger partial charge in [-0.25, -0.2) is 4.98 Å². The molecule has 0 saturated carbocycles. The van der Waals surface area contributed by atoms with Gasteiger partial charge in [0.05, 0.1) is 21.7 Å². The molecule has 0 atom stereocenters. The van der Waals surface area contributed by atoms with Gasteiger partial charge in [0.1, 0.15) is 10.8 Å². The summed E-state index contributed by atoms with van der Waals surface area (Å²) in [5, 5.41) is 10.1. The molecule has 2 N–H and O–H groups in total. The zero-order valence-electron chi connectivity index (χ0n) is 16.0. The van der Waals surface area contributed by atoms with Crippen molar-refractivity contribution in [3.8, 4) is 10.6 Å². The third-order valence-corrected chi connectivity index (χ3v) is 6.09. The Hall–Kier alpha value is -3.17. The molecule has 7 nitrogen and oxygen atoms in total. The van der Waals surface area contributed by atoms with Gasteiger partial charge in [0.15, 0.2) is 5.82 Å². The maximum absolute atomic E-state index is 12.1. The van der Waals surface area contributed by atoms with Crippen molar-refractivity contribution in [3.63, 3.8) is 0 Å². The number of benzene rings is 2. The van der Waals surface area contributed by atoms with Gasteiger partial charge in [-0.3, -0.25) is 9.59 Å². The van der Waals surface area contributed by atoms with E-state index in [1.807, 2.05) is 42.5 Å². The maximum Gasteiger partial charge on any atom is 0.235 e. The molecule has 0 spiro atoms. The number of thioether (sulfide) groups is 1. The summed E-state index contributed by atoms with van der Waals surface area (Å²) in [7, 11) is 0. The van der Waals surface area contributed by atoms with E-state index in [0.29, 0.717) is 17.3 Å². The minimum atomic E-state index is -0.235. The Bertz CT molecular complexity index is 1150. The third kappa shape index (κ3) is 5.05. The highest BCUT2D eigenvalue weighted by Gasteiger charge is 2.10. The first-order valence-corrected chi connectivity index (χ1v) is 11.1. The predicted octanol–water partition coefficient (Wildman–Crippen LogP) is 4.57. The van der Waals surface area contributed by atoms with Gasteiger partial charge < -0.3 is 15.2 Å². The highest BCUT2D eigenvalue weighted by Crippen LogP contribution is 2.30. The molecule has 0 unspecified atom stereocenters. The first-order valence-electron chi connectivity index (χ1n) is 9.13. The van der Waals surface area contributed by atoms with Gasteiger partial charge in [-0.1, -0.05) is 17.3 Å². The number of para-hydroxylation sites is 1. The predicted molar refractivity (Wildman–Crippen MR) is 121 cm³/mol. The molecular weight excluding hydrogens is 420 g/mol. The molecule has 4 rings (SSSR count). The van der Waals surface area contributed by atoms with E-state index in [4.69, 9.17) is 4.52 Å². The normalized spacial score (nSPS) is 10.8. The lowest BCUT2D eigenvalue weighted by molar-refractivity contribution is -0.114. The minimum Gasteiger partial charge on any atom is -0.360 e. The van der Waals surface area contributed by atoms with Gasteiger partial charge in [-0.15, -0.1) is 23.1 Å². The number of anilines is 2. The van der Waals surface area contributed by atoms with Crippen LogP contribution in [0.25, 0.3) is 20.8 Å². The summed E-state index contributed by atoms with van der Waals surface area (Å²) in [5.74, 6) is 0.905. The van der Waals surface area contributed by atoms with Crippen LogP contribution in [0, 0.1) is 6.92 Å². The number of nitrogens with one attached hydrogen (secondary N) is 2. The summed E-state index contributed by atoms with van der Waals surface area (Å²) in [4.78, 5) is 28.6. The second-order valence-corrected chi connectivity index (χ2v) is 8.49. The van der Waals surface area contributed by atoms with Crippen molar-refractivity contribution in [3.05, 3.63) is 60.4 Å². The number of carbonyl (C=O) groups excluding carboxylic acids is 2. The van der Waals surface area contributed by atoms with Crippen molar-refractivity contribution in [2.24, 2.45) is 0 Å². The van der Waals surface area contributed by atoms with E-state index in [1.165, 1.54) is 11.8 Å². The Morgan fingerprint density at radius 1 is 1.03 bits per heavy atom. The Morgan fingerprint density at radius 2 is 1.77 bits per heavy atom. The van der Waals surface area contributed by atoms with Gasteiger partial charge in [0.2, 0.25) is 11.8 Å². The average molecular weight is 439 g/mol. The van der Waals surface area contributed by atoms with Crippen molar-refractivity contribution in [2.75, 3.05) is 22.1 Å². The van der Waals surface area contributed by atoms with Crippen LogP contribution in [0.5, 0.6) is 0 Å². The number of carbonyl (C=O) groups is 2. The van der Waals surface area contributed by atoms with E-state index in [9.17, 15) is 9.59 Å². The second kappa shape index (κ2) is 9.10. The topological polar surface area (TPSA) is 97.1 Å². The van der Waals surface area contributed by atoms with Gasteiger partial charge in [0.25, 0.3) is 0 Å². The number of fused-ring (bicyclic) bond motifs is 1. The Kier molecular flexibility index (Phi) is 6.10. The number of amides is 2. The number of aromatic nitrogens is 2. The number of hydrogen-bond acceptors (Lipinski definition) is 7. The first kappa shape index (κ1) is 20.1. The van der Waals surface area contributed by atoms with E-state index in [-0.39, 0.29) is 23.3 Å². The molecular formula is C21H18N4O3S2. The number of rotatable bonds is 7. The zero-order chi connectivity index (χ0) is 20.9. The smallest absolute Gasteiger partial charge is 0.235 e. The molecule has 0 aliphatic rings. The molecule has 0 bridgehead atoms. The Labute approximate surface area is 180 Å². The van der Waals surface area contributed by atoms with Crippen LogP contribution in [0.15, 0.2) is 59.1 Å². The quantitative estimate of drug-likeness (QED) is 0.439. The fraction of sp³-hybridized carbons (Fsp3) is 0.143. The fourth-order valence-corrected chi connectivity index (χ4v) is 4.32. The van der Waals surface area contributed by atoms with Crippen molar-refractivity contribution < 1.29 is 14.1 Å². The zero-order valence-corrected chi connectivity index (χ0v) is 17.7. The first-order chi connectivity index (χ1) is 14.6. The molecule has 2 heterocycles. The molecule has 2 aromatic heterocycles. The van der Waals surface area contributed by atoms with Crippen LogP contribution in [0.1, 0.15) is 5.76 Å². The molecule has 0 fully saturated rings. The van der Waals surface area contributed by atoms with Gasteiger partial charge in [-0.2, -0.15) is 0 Å². The van der Waals surface area contributed by atoms with Crippen molar-refractivity contribution >= 4 is 56.6 Å². The lowest BCUT2D eigenvalue weighted by Gasteiger charge is -2.06. The average Bonchev–Trinajstić information content (AvgIpc) is 3.34. The highest BCUT2D eigenvalue weighted by atomic mass is 32.2. The van der Waals surface area contributed by atoms with E-state index < -0.39 is 0 Å². The maximum atomic E-state index is 12.1. The Morgan fingerprint density at radius 3 is 2.47 bits per heavy atom. The fourth-order valence-electron chi connectivity index (χ4n) is 2.73. The van der Waals surface area contributed by atoms with E-state index in [1.54, 1.807) is 24.3 Å². The summed E-state index contributed by atoms with van der Waals surface area (Å²) in [6.45, 7) is 1.74. The van der Waals surface area contributed by atoms with Crippen LogP contribution in [0.2, 0.25) is 0 Å². The molecule has 0 radical (unpaired) electrons. The molecule has 152 valence electrons. The summed E-state index contributed by atoms with van der Waals surface area (Å²) in [6, 6.07) is 17.2. The van der Waals surface area contributed by atoms with Crippen LogP contribution in [-0.4, -0.2) is 33.5 Å². The third-order valence-electron chi connectivity index (χ3n) is 4.07. The van der Waals surface area contributed by atoms with Crippen LogP contribution in [0.3, 0.4) is 0 Å². The molecule has 9 heteroatoms. The lowest BCUT2D eigenvalue weighted by Crippen LogP contribution is -2.18. The lowest BCUT2D eigenvalue weighted by atomic mass is 10.2. The van der Waals surface area contributed by atoms with E-state index in [0.717, 1.165) is 20.8 Å². The van der Waals surface area contributed by atoms with Gasteiger partial charge >= 0.3 is 0 Å². The number of aryl methyl sites for hydroxylation is 1. The van der Waals surface area contributed by atoms with Crippen molar-refractivity contribution in [2.45, 2.75) is 6.92 Å². The van der Waals surface area contributed by atoms with E-state index in [2.05, 4.69) is 26.8 Å². The van der Waals surface area contributed by atoms with Crippen molar-refractivity contribution in [1.29, 1.82) is 0 Å². The summed E-state index contributed by atoms with van der Waals surface area (Å²) >= 11 is 2.86. The molecule has 2 amide bonds. The molecule has 0 aliphatic heterocycles. The van der Waals surface area contributed by atoms with Crippen LogP contribution in [-0.2, 0) is 9.59 Å². The highest BCUT2D eigenvalue weighted by molar-refractivity contribution is 8.00. The summed E-state index contributed by atoms with van der Waals surface area (Å²) in [5.41, 5.74) is 2.69. The number of nitrogens with zero attached hydrogens (tertiary/aromatic N) is 2. The Balaban J connectivity index is 1.25. The summed E-state index contributed by atoms with van der Waals surface area (Å²) in [6.07, 6.45) is 0. The van der Waals surface area contributed by atoms with Crippen molar-refractivity contribution in [1.82, 2.24) is 10.1 Å².